The SMILES string of the molecule is NC(=Nc1c(F)cccc1Cl)c1cnn2cccc2c1N[C@@H]1CC[C@H](N)C1. The van der Waals surface area contributed by atoms with Crippen LogP contribution in [0.1, 0.15) is 24.8 Å². The number of benzene rings is 1. The molecule has 0 amide bonds. The molecule has 0 radical (unpaired) electrons. The van der Waals surface area contributed by atoms with Crippen molar-refractivity contribution in [2.45, 2.75) is 31.3 Å². The van der Waals surface area contributed by atoms with Crippen LogP contribution in [0.2, 0.25) is 5.02 Å². The van der Waals surface area contributed by atoms with Crippen LogP contribution in [0.15, 0.2) is 47.7 Å². The van der Waals surface area contributed by atoms with E-state index in [0.29, 0.717) is 5.56 Å². The molecule has 27 heavy (non-hydrogen) atoms. The summed E-state index contributed by atoms with van der Waals surface area (Å²) in [7, 11) is 0. The number of hydrogen-bond donors (Lipinski definition) is 3. The van der Waals surface area contributed by atoms with Gasteiger partial charge < -0.3 is 16.8 Å². The van der Waals surface area contributed by atoms with Crippen LogP contribution in [-0.2, 0) is 0 Å². The maximum absolute atomic E-state index is 14.1. The van der Waals surface area contributed by atoms with E-state index in [1.54, 1.807) is 16.8 Å². The van der Waals surface area contributed by atoms with Crippen LogP contribution in [0.4, 0.5) is 15.8 Å². The molecule has 1 fully saturated rings. The quantitative estimate of drug-likeness (QED) is 0.473. The van der Waals surface area contributed by atoms with Gasteiger partial charge in [-0.1, -0.05) is 17.7 Å². The Labute approximate surface area is 161 Å². The van der Waals surface area contributed by atoms with Gasteiger partial charge in [-0.15, -0.1) is 0 Å². The molecule has 1 aromatic carbocycles. The van der Waals surface area contributed by atoms with E-state index < -0.39 is 5.82 Å². The molecule has 3 aromatic rings. The van der Waals surface area contributed by atoms with Crippen molar-refractivity contribution < 1.29 is 4.39 Å². The van der Waals surface area contributed by atoms with Gasteiger partial charge in [0.05, 0.1) is 28.0 Å². The number of fused-ring (bicyclic) bond motifs is 1. The van der Waals surface area contributed by atoms with E-state index in [9.17, 15) is 4.39 Å². The summed E-state index contributed by atoms with van der Waals surface area (Å²) in [5.74, 6) is -0.388. The average Bonchev–Trinajstić information content (AvgIpc) is 3.27. The Bertz CT molecular complexity index is 994. The van der Waals surface area contributed by atoms with Crippen molar-refractivity contribution >= 4 is 34.3 Å². The number of aliphatic imine (C=N–C) groups is 1. The van der Waals surface area contributed by atoms with E-state index in [0.717, 1.165) is 30.5 Å². The third-order valence-electron chi connectivity index (χ3n) is 4.83. The van der Waals surface area contributed by atoms with Crippen molar-refractivity contribution in [3.8, 4) is 0 Å². The monoisotopic (exact) mass is 386 g/mol. The lowest BCUT2D eigenvalue weighted by molar-refractivity contribution is 0.630. The third-order valence-corrected chi connectivity index (χ3v) is 5.14. The third kappa shape index (κ3) is 3.48. The van der Waals surface area contributed by atoms with Crippen LogP contribution < -0.4 is 16.8 Å². The first-order valence-corrected chi connectivity index (χ1v) is 9.17. The second-order valence-electron chi connectivity index (χ2n) is 6.75. The highest BCUT2D eigenvalue weighted by molar-refractivity contribution is 6.33. The van der Waals surface area contributed by atoms with Crippen LogP contribution >= 0.6 is 11.6 Å². The molecule has 0 aliphatic heterocycles. The molecule has 1 aliphatic carbocycles. The molecule has 6 nitrogen and oxygen atoms in total. The first-order valence-electron chi connectivity index (χ1n) is 8.80. The molecule has 2 atom stereocenters. The zero-order valence-corrected chi connectivity index (χ0v) is 15.3. The number of nitrogens with one attached hydrogen (secondary N) is 1. The molecule has 0 saturated heterocycles. The molecule has 1 aliphatic rings. The van der Waals surface area contributed by atoms with Gasteiger partial charge >= 0.3 is 0 Å². The summed E-state index contributed by atoms with van der Waals surface area (Å²) in [5.41, 5.74) is 14.6. The van der Waals surface area contributed by atoms with Crippen LogP contribution in [-0.4, -0.2) is 27.5 Å². The van der Waals surface area contributed by atoms with Crippen LogP contribution in [0.5, 0.6) is 0 Å². The molecule has 140 valence electrons. The number of para-hydroxylation sites is 1. The number of nitrogens with zero attached hydrogens (tertiary/aromatic N) is 3. The zero-order valence-electron chi connectivity index (χ0n) is 14.6. The molecule has 0 unspecified atom stereocenters. The highest BCUT2D eigenvalue weighted by Gasteiger charge is 2.24. The van der Waals surface area contributed by atoms with Gasteiger partial charge in [-0.3, -0.25) is 0 Å². The van der Waals surface area contributed by atoms with E-state index in [1.807, 2.05) is 18.3 Å². The van der Waals surface area contributed by atoms with E-state index in [1.165, 1.54) is 12.1 Å². The molecule has 5 N–H and O–H groups in total. The van der Waals surface area contributed by atoms with Gasteiger partial charge in [-0.2, -0.15) is 5.10 Å². The van der Waals surface area contributed by atoms with Crippen LogP contribution in [0, 0.1) is 5.82 Å². The molecule has 1 saturated carbocycles. The Morgan fingerprint density at radius 2 is 2.15 bits per heavy atom. The van der Waals surface area contributed by atoms with Crippen molar-refractivity contribution in [2.75, 3.05) is 5.32 Å². The van der Waals surface area contributed by atoms with Gasteiger partial charge in [-0.25, -0.2) is 13.9 Å². The van der Waals surface area contributed by atoms with Crippen molar-refractivity contribution in [3.05, 3.63) is 59.1 Å². The van der Waals surface area contributed by atoms with Crippen molar-refractivity contribution in [3.63, 3.8) is 0 Å². The van der Waals surface area contributed by atoms with Gasteiger partial charge in [0.2, 0.25) is 0 Å². The molecule has 2 aromatic heterocycles. The minimum absolute atomic E-state index is 0.0146. The summed E-state index contributed by atoms with van der Waals surface area (Å²) in [5, 5.41) is 8.10. The van der Waals surface area contributed by atoms with Crippen LogP contribution in [0.25, 0.3) is 5.52 Å². The highest BCUT2D eigenvalue weighted by Crippen LogP contribution is 2.31. The fourth-order valence-electron chi connectivity index (χ4n) is 3.47. The number of aromatic nitrogens is 2. The summed E-state index contributed by atoms with van der Waals surface area (Å²) in [4.78, 5) is 4.24. The summed E-state index contributed by atoms with van der Waals surface area (Å²) in [6.45, 7) is 0. The maximum atomic E-state index is 14.1. The average molecular weight is 387 g/mol. The predicted octanol–water partition coefficient (Wildman–Crippen LogP) is 3.46. The summed E-state index contributed by atoms with van der Waals surface area (Å²) < 4.78 is 15.9. The Kier molecular flexibility index (Phi) is 4.72. The van der Waals surface area contributed by atoms with E-state index in [-0.39, 0.29) is 28.6 Å². The predicted molar refractivity (Wildman–Crippen MR) is 106 cm³/mol. The Morgan fingerprint density at radius 1 is 1.30 bits per heavy atom. The smallest absolute Gasteiger partial charge is 0.150 e. The topological polar surface area (TPSA) is 93.7 Å². The Balaban J connectivity index is 1.78. The minimum Gasteiger partial charge on any atom is -0.383 e. The molecule has 0 bridgehead atoms. The molecular formula is C19H20ClFN6. The lowest BCUT2D eigenvalue weighted by atomic mass is 10.1. The second kappa shape index (κ2) is 7.17. The Hall–Kier alpha value is -2.64. The molecule has 4 rings (SSSR count). The minimum atomic E-state index is -0.529. The van der Waals surface area contributed by atoms with Crippen molar-refractivity contribution in [1.29, 1.82) is 0 Å². The van der Waals surface area contributed by atoms with Gasteiger partial charge in [0.15, 0.2) is 0 Å². The number of amidine groups is 1. The molecule has 0 spiro atoms. The maximum Gasteiger partial charge on any atom is 0.150 e. The summed E-state index contributed by atoms with van der Waals surface area (Å²) >= 11 is 6.08. The van der Waals surface area contributed by atoms with Gasteiger partial charge in [0.25, 0.3) is 0 Å². The van der Waals surface area contributed by atoms with Gasteiger partial charge in [-0.05, 0) is 43.5 Å². The zero-order chi connectivity index (χ0) is 19.0. The van der Waals surface area contributed by atoms with E-state index in [2.05, 4.69) is 15.4 Å². The normalized spacial score (nSPS) is 20.3. The van der Waals surface area contributed by atoms with Gasteiger partial charge in [0, 0.05) is 18.3 Å². The van der Waals surface area contributed by atoms with Crippen LogP contribution in [0.3, 0.4) is 0 Å². The number of nitrogens with two attached hydrogens (primary N) is 2. The van der Waals surface area contributed by atoms with Crippen molar-refractivity contribution in [2.24, 2.45) is 16.5 Å². The summed E-state index contributed by atoms with van der Waals surface area (Å²) in [6, 6.07) is 8.67. The largest absolute Gasteiger partial charge is 0.383 e. The second-order valence-corrected chi connectivity index (χ2v) is 7.16. The van der Waals surface area contributed by atoms with E-state index in [4.69, 9.17) is 23.1 Å². The molecular weight excluding hydrogens is 367 g/mol. The lowest BCUT2D eigenvalue weighted by Gasteiger charge is -2.18. The van der Waals surface area contributed by atoms with E-state index >= 15 is 0 Å². The first-order chi connectivity index (χ1) is 13.0. The summed E-state index contributed by atoms with van der Waals surface area (Å²) in [6.07, 6.45) is 6.31. The van der Waals surface area contributed by atoms with Crippen molar-refractivity contribution in [1.82, 2.24) is 9.61 Å². The van der Waals surface area contributed by atoms with Gasteiger partial charge in [0.1, 0.15) is 17.3 Å². The number of halogens is 2. The molecule has 8 heteroatoms. The molecule has 2 heterocycles. The first kappa shape index (κ1) is 17.8. The number of anilines is 1. The highest BCUT2D eigenvalue weighted by atomic mass is 35.5. The standard InChI is InChI=1S/C19H20ClFN6/c20-14-3-1-4-15(21)18(14)26-19(23)13-10-24-27-8-2-5-16(27)17(13)25-12-7-6-11(22)9-12/h1-5,8,10-12,25H,6-7,9,22H2,(H2,23,26)/t11-,12+/m0/s1. The Morgan fingerprint density at radius 3 is 2.89 bits per heavy atom. The fourth-order valence-corrected chi connectivity index (χ4v) is 3.67. The number of rotatable bonds is 4. The number of hydrogen-bond acceptors (Lipinski definition) is 4. The lowest BCUT2D eigenvalue weighted by Crippen LogP contribution is -2.24. The fraction of sp³-hybridized carbons (Fsp3) is 0.263.